The lowest BCUT2D eigenvalue weighted by Crippen LogP contribution is -2.20. The van der Waals surface area contributed by atoms with Crippen molar-refractivity contribution in [3.63, 3.8) is 0 Å². The quantitative estimate of drug-likeness (QED) is 0.717. The third kappa shape index (κ3) is 2.09. The van der Waals surface area contributed by atoms with Crippen LogP contribution in [0, 0.1) is 3.57 Å². The predicted molar refractivity (Wildman–Crippen MR) is 73.5 cm³/mol. The maximum Gasteiger partial charge on any atom is 0.0480 e. The van der Waals surface area contributed by atoms with E-state index in [0.29, 0.717) is 0 Å². The Morgan fingerprint density at radius 3 is 2.67 bits per heavy atom. The third-order valence-electron chi connectivity index (χ3n) is 2.63. The molecule has 0 bridgehead atoms. The fraction of sp³-hybridized carbons (Fsp3) is 0.231. The van der Waals surface area contributed by atoms with Gasteiger partial charge in [-0.15, -0.1) is 0 Å². The summed E-state index contributed by atoms with van der Waals surface area (Å²) in [5.41, 5.74) is 4.03. The summed E-state index contributed by atoms with van der Waals surface area (Å²) in [6.45, 7) is 3.17. The lowest BCUT2D eigenvalue weighted by Gasteiger charge is -2.27. The lowest BCUT2D eigenvalue weighted by atomic mass is 10.0. The maximum atomic E-state index is 2.40. The van der Waals surface area contributed by atoms with E-state index >= 15 is 0 Å². The van der Waals surface area contributed by atoms with Crippen LogP contribution in [0.1, 0.15) is 12.5 Å². The molecule has 1 aliphatic rings. The smallest absolute Gasteiger partial charge is 0.0480 e. The number of hydrogen-bond donors (Lipinski definition) is 0. The second-order valence-electron chi connectivity index (χ2n) is 3.79. The SMILES string of the molecule is CC1=C(c2ccccc2I)N(C)CC=C1. The number of nitrogens with zero attached hydrogens (tertiary/aromatic N) is 1. The van der Waals surface area contributed by atoms with Crippen LogP contribution in [-0.4, -0.2) is 18.5 Å². The lowest BCUT2D eigenvalue weighted by molar-refractivity contribution is 0.527. The molecule has 0 atom stereocenters. The summed E-state index contributed by atoms with van der Waals surface area (Å²) >= 11 is 2.40. The monoisotopic (exact) mass is 311 g/mol. The first-order chi connectivity index (χ1) is 7.20. The highest BCUT2D eigenvalue weighted by Crippen LogP contribution is 2.28. The third-order valence-corrected chi connectivity index (χ3v) is 3.57. The van der Waals surface area contributed by atoms with Gasteiger partial charge in [0.15, 0.2) is 0 Å². The topological polar surface area (TPSA) is 3.24 Å². The number of allylic oxidation sites excluding steroid dienone is 2. The average Bonchev–Trinajstić information content (AvgIpc) is 2.20. The number of hydrogen-bond acceptors (Lipinski definition) is 1. The van der Waals surface area contributed by atoms with E-state index in [1.54, 1.807) is 0 Å². The molecule has 0 spiro atoms. The van der Waals surface area contributed by atoms with E-state index in [0.717, 1.165) is 6.54 Å². The Hall–Kier alpha value is -0.770. The van der Waals surface area contributed by atoms with Gasteiger partial charge in [-0.25, -0.2) is 0 Å². The summed E-state index contributed by atoms with van der Waals surface area (Å²) in [4.78, 5) is 2.30. The molecule has 0 aromatic heterocycles. The highest BCUT2D eigenvalue weighted by atomic mass is 127. The Morgan fingerprint density at radius 2 is 2.00 bits per heavy atom. The summed E-state index contributed by atoms with van der Waals surface area (Å²) in [5, 5.41) is 0. The molecule has 1 aliphatic heterocycles. The van der Waals surface area contributed by atoms with E-state index in [2.05, 4.69) is 77.9 Å². The highest BCUT2D eigenvalue weighted by Gasteiger charge is 2.14. The Morgan fingerprint density at radius 1 is 1.27 bits per heavy atom. The van der Waals surface area contributed by atoms with E-state index < -0.39 is 0 Å². The van der Waals surface area contributed by atoms with Gasteiger partial charge in [-0.2, -0.15) is 0 Å². The van der Waals surface area contributed by atoms with Crippen LogP contribution < -0.4 is 0 Å². The number of rotatable bonds is 1. The molecule has 0 unspecified atom stereocenters. The van der Waals surface area contributed by atoms with Crippen LogP contribution in [0.15, 0.2) is 42.0 Å². The number of likely N-dealkylation sites (N-methyl/N-ethyl adjacent to an activating group) is 1. The molecule has 1 heterocycles. The first-order valence-electron chi connectivity index (χ1n) is 5.03. The van der Waals surface area contributed by atoms with Crippen molar-refractivity contribution in [2.75, 3.05) is 13.6 Å². The van der Waals surface area contributed by atoms with Crippen molar-refractivity contribution in [1.82, 2.24) is 4.90 Å². The van der Waals surface area contributed by atoms with E-state index in [1.807, 2.05) is 0 Å². The second kappa shape index (κ2) is 4.39. The summed E-state index contributed by atoms with van der Waals surface area (Å²) in [7, 11) is 2.14. The zero-order valence-electron chi connectivity index (χ0n) is 9.00. The van der Waals surface area contributed by atoms with Gasteiger partial charge in [0.1, 0.15) is 0 Å². The van der Waals surface area contributed by atoms with Crippen LogP contribution >= 0.6 is 22.6 Å². The molecule has 0 N–H and O–H groups in total. The Balaban J connectivity index is 2.54. The summed E-state index contributed by atoms with van der Waals surface area (Å²) in [6, 6.07) is 8.53. The normalized spacial score (nSPS) is 16.1. The molecule has 1 aromatic carbocycles. The maximum absolute atomic E-state index is 2.40. The molecule has 1 aromatic rings. The largest absolute Gasteiger partial charge is 0.370 e. The van der Waals surface area contributed by atoms with Gasteiger partial charge in [0, 0.05) is 28.4 Å². The van der Waals surface area contributed by atoms with Gasteiger partial charge < -0.3 is 4.90 Å². The second-order valence-corrected chi connectivity index (χ2v) is 4.96. The van der Waals surface area contributed by atoms with Crippen molar-refractivity contribution >= 4 is 28.3 Å². The molecule has 2 rings (SSSR count). The van der Waals surface area contributed by atoms with Crippen LogP contribution in [0.4, 0.5) is 0 Å². The van der Waals surface area contributed by atoms with Crippen molar-refractivity contribution in [3.05, 3.63) is 51.1 Å². The van der Waals surface area contributed by atoms with Crippen LogP contribution in [0.25, 0.3) is 5.70 Å². The van der Waals surface area contributed by atoms with Crippen molar-refractivity contribution in [2.45, 2.75) is 6.92 Å². The molecule has 0 radical (unpaired) electrons. The van der Waals surface area contributed by atoms with Crippen LogP contribution in [0.2, 0.25) is 0 Å². The van der Waals surface area contributed by atoms with Crippen molar-refractivity contribution in [3.8, 4) is 0 Å². The summed E-state index contributed by atoms with van der Waals surface area (Å²) < 4.78 is 1.31. The van der Waals surface area contributed by atoms with Gasteiger partial charge in [0.05, 0.1) is 0 Å². The van der Waals surface area contributed by atoms with E-state index in [1.165, 1.54) is 20.4 Å². The Kier molecular flexibility index (Phi) is 3.14. The first kappa shape index (κ1) is 10.7. The average molecular weight is 311 g/mol. The number of benzene rings is 1. The van der Waals surface area contributed by atoms with Gasteiger partial charge in [-0.05, 0) is 41.2 Å². The molecule has 0 saturated carbocycles. The molecule has 78 valence electrons. The minimum absolute atomic E-state index is 0.998. The molecule has 0 fully saturated rings. The molecular formula is C13H14IN. The van der Waals surface area contributed by atoms with E-state index in [9.17, 15) is 0 Å². The van der Waals surface area contributed by atoms with Crippen LogP contribution in [0.5, 0.6) is 0 Å². The van der Waals surface area contributed by atoms with Crippen molar-refractivity contribution < 1.29 is 0 Å². The minimum atomic E-state index is 0.998. The van der Waals surface area contributed by atoms with Crippen LogP contribution in [-0.2, 0) is 0 Å². The molecule has 15 heavy (non-hydrogen) atoms. The fourth-order valence-corrected chi connectivity index (χ4v) is 2.57. The summed E-state index contributed by atoms with van der Waals surface area (Å²) in [6.07, 6.45) is 4.41. The van der Waals surface area contributed by atoms with Gasteiger partial charge in [-0.3, -0.25) is 0 Å². The van der Waals surface area contributed by atoms with E-state index in [-0.39, 0.29) is 0 Å². The van der Waals surface area contributed by atoms with Crippen molar-refractivity contribution in [2.24, 2.45) is 0 Å². The van der Waals surface area contributed by atoms with Crippen molar-refractivity contribution in [1.29, 1.82) is 0 Å². The van der Waals surface area contributed by atoms with Crippen LogP contribution in [0.3, 0.4) is 0 Å². The van der Waals surface area contributed by atoms with Gasteiger partial charge >= 0.3 is 0 Å². The van der Waals surface area contributed by atoms with Gasteiger partial charge in [0.25, 0.3) is 0 Å². The molecule has 0 saturated heterocycles. The molecule has 0 aliphatic carbocycles. The predicted octanol–water partition coefficient (Wildman–Crippen LogP) is 3.52. The fourth-order valence-electron chi connectivity index (χ4n) is 1.93. The standard InChI is InChI=1S/C13H14IN/c1-10-6-5-9-15(2)13(10)11-7-3-4-8-12(11)14/h3-8H,9H2,1-2H3. The van der Waals surface area contributed by atoms with Gasteiger partial charge in [-0.1, -0.05) is 30.4 Å². The zero-order valence-corrected chi connectivity index (χ0v) is 11.2. The molecule has 1 nitrogen and oxygen atoms in total. The van der Waals surface area contributed by atoms with Gasteiger partial charge in [0.2, 0.25) is 0 Å². The molecule has 2 heteroatoms. The first-order valence-corrected chi connectivity index (χ1v) is 6.11. The minimum Gasteiger partial charge on any atom is -0.370 e. The highest BCUT2D eigenvalue weighted by molar-refractivity contribution is 14.1. The van der Waals surface area contributed by atoms with E-state index in [4.69, 9.17) is 0 Å². The summed E-state index contributed by atoms with van der Waals surface area (Å²) in [5.74, 6) is 0. The number of halogens is 1. The Labute approximate surface area is 105 Å². The zero-order chi connectivity index (χ0) is 10.8. The molecule has 0 amide bonds. The molecular weight excluding hydrogens is 297 g/mol. The Bertz CT molecular complexity index is 432.